The van der Waals surface area contributed by atoms with Gasteiger partial charge in [0.25, 0.3) is 5.91 Å². The summed E-state index contributed by atoms with van der Waals surface area (Å²) < 4.78 is 5.80. The first-order valence-electron chi connectivity index (χ1n) is 8.88. The molecule has 1 aromatic carbocycles. The van der Waals surface area contributed by atoms with Crippen LogP contribution in [0.2, 0.25) is 0 Å². The van der Waals surface area contributed by atoms with E-state index in [2.05, 4.69) is 6.92 Å². The van der Waals surface area contributed by atoms with Gasteiger partial charge in [-0.25, -0.2) is 0 Å². The van der Waals surface area contributed by atoms with Crippen LogP contribution < -0.4 is 4.74 Å². The van der Waals surface area contributed by atoms with Crippen LogP contribution in [0.15, 0.2) is 24.3 Å². The van der Waals surface area contributed by atoms with Crippen LogP contribution in [0.5, 0.6) is 5.75 Å². The molecule has 0 radical (unpaired) electrons. The number of likely N-dealkylation sites (tertiary alicyclic amines) is 2. The quantitative estimate of drug-likeness (QED) is 0.780. The second-order valence-electron chi connectivity index (χ2n) is 6.77. The van der Waals surface area contributed by atoms with E-state index in [1.54, 1.807) is 0 Å². The van der Waals surface area contributed by atoms with Crippen LogP contribution in [0.25, 0.3) is 0 Å². The topological polar surface area (TPSA) is 49.9 Å². The summed E-state index contributed by atoms with van der Waals surface area (Å²) in [6, 6.07) is 7.62. The highest BCUT2D eigenvalue weighted by molar-refractivity contribution is 5.97. The third-order valence-electron chi connectivity index (χ3n) is 5.21. The van der Waals surface area contributed by atoms with Gasteiger partial charge in [-0.05, 0) is 30.9 Å². The minimum Gasteiger partial charge on any atom is -0.493 e. The molecule has 5 nitrogen and oxygen atoms in total. The summed E-state index contributed by atoms with van der Waals surface area (Å²) >= 11 is 0. The number of likely N-dealkylation sites (N-methyl/N-ethyl adjacent to an activating group) is 1. The van der Waals surface area contributed by atoms with Crippen LogP contribution in [-0.4, -0.2) is 54.4 Å². The Hall–Kier alpha value is -2.04. The Balaban J connectivity index is 1.72. The van der Waals surface area contributed by atoms with Gasteiger partial charge in [0.1, 0.15) is 5.75 Å². The molecule has 2 aliphatic heterocycles. The molecule has 0 N–H and O–H groups in total. The minimum atomic E-state index is 0.00768. The van der Waals surface area contributed by atoms with E-state index in [0.717, 1.165) is 19.3 Å². The second kappa shape index (κ2) is 7.24. The molecule has 0 saturated carbocycles. The smallest absolute Gasteiger partial charge is 0.257 e. The van der Waals surface area contributed by atoms with Crippen molar-refractivity contribution in [2.24, 2.45) is 5.92 Å². The van der Waals surface area contributed by atoms with Gasteiger partial charge in [-0.2, -0.15) is 0 Å². The summed E-state index contributed by atoms with van der Waals surface area (Å²) in [7, 11) is 1.85. The van der Waals surface area contributed by atoms with Crippen molar-refractivity contribution in [3.8, 4) is 5.75 Å². The van der Waals surface area contributed by atoms with Gasteiger partial charge in [-0.3, -0.25) is 9.59 Å². The first-order valence-corrected chi connectivity index (χ1v) is 8.88. The standard InChI is InChI=1S/C19H26N2O3/c1-3-4-11-24-17-8-6-5-7-15(17)19(23)21-10-9-14-12-18(22)20(2)16(14)13-21/h5-8,14,16H,3-4,9-13H2,1-2H3/t14-,16-/m1/s1. The van der Waals surface area contributed by atoms with Gasteiger partial charge in [0.15, 0.2) is 0 Å². The Labute approximate surface area is 143 Å². The van der Waals surface area contributed by atoms with Crippen molar-refractivity contribution < 1.29 is 14.3 Å². The molecule has 1 aromatic rings. The summed E-state index contributed by atoms with van der Waals surface area (Å²) in [5, 5.41) is 0. The van der Waals surface area contributed by atoms with Gasteiger partial charge in [0.05, 0.1) is 18.2 Å². The minimum absolute atomic E-state index is 0.00768. The molecule has 24 heavy (non-hydrogen) atoms. The maximum atomic E-state index is 13.0. The zero-order valence-corrected chi connectivity index (χ0v) is 14.5. The number of rotatable bonds is 5. The molecule has 0 aromatic heterocycles. The molecule has 2 fully saturated rings. The molecule has 0 bridgehead atoms. The molecule has 130 valence electrons. The first-order chi connectivity index (χ1) is 11.6. The number of hydrogen-bond acceptors (Lipinski definition) is 3. The average Bonchev–Trinajstić information content (AvgIpc) is 2.89. The lowest BCUT2D eigenvalue weighted by atomic mass is 9.92. The molecule has 2 amide bonds. The Morgan fingerprint density at radius 3 is 2.92 bits per heavy atom. The lowest BCUT2D eigenvalue weighted by Gasteiger charge is -2.37. The summed E-state index contributed by atoms with van der Waals surface area (Å²) in [4.78, 5) is 28.5. The Morgan fingerprint density at radius 2 is 2.12 bits per heavy atom. The third kappa shape index (κ3) is 3.25. The fraction of sp³-hybridized carbons (Fsp3) is 0.579. The fourth-order valence-electron chi connectivity index (χ4n) is 3.66. The van der Waals surface area contributed by atoms with E-state index in [0.29, 0.717) is 43.3 Å². The number of hydrogen-bond donors (Lipinski definition) is 0. The van der Waals surface area contributed by atoms with E-state index in [4.69, 9.17) is 4.74 Å². The maximum absolute atomic E-state index is 13.0. The van der Waals surface area contributed by atoms with E-state index < -0.39 is 0 Å². The van der Waals surface area contributed by atoms with Crippen molar-refractivity contribution in [3.05, 3.63) is 29.8 Å². The Kier molecular flexibility index (Phi) is 5.07. The van der Waals surface area contributed by atoms with Crippen LogP contribution in [-0.2, 0) is 4.79 Å². The lowest BCUT2D eigenvalue weighted by molar-refractivity contribution is -0.127. The summed E-state index contributed by atoms with van der Waals surface area (Å²) in [5.41, 5.74) is 0.624. The number of fused-ring (bicyclic) bond motifs is 1. The highest BCUT2D eigenvalue weighted by Gasteiger charge is 2.42. The number of para-hydroxylation sites is 1. The number of amides is 2. The first kappa shape index (κ1) is 16.8. The summed E-state index contributed by atoms with van der Waals surface area (Å²) in [5.74, 6) is 1.26. The Bertz CT molecular complexity index is 616. The monoisotopic (exact) mass is 330 g/mol. The van der Waals surface area contributed by atoms with Crippen LogP contribution in [0.4, 0.5) is 0 Å². The molecule has 2 saturated heterocycles. The number of benzene rings is 1. The van der Waals surface area contributed by atoms with E-state index >= 15 is 0 Å². The SMILES string of the molecule is CCCCOc1ccccc1C(=O)N1CC[C@@H]2CC(=O)N(C)[C@@H]2C1. The average molecular weight is 330 g/mol. The van der Waals surface area contributed by atoms with E-state index in [1.165, 1.54) is 0 Å². The number of piperidine rings is 1. The molecular formula is C19H26N2O3. The molecule has 2 heterocycles. The molecule has 2 atom stereocenters. The van der Waals surface area contributed by atoms with Crippen LogP contribution in [0, 0.1) is 5.92 Å². The lowest BCUT2D eigenvalue weighted by Crippen LogP contribution is -2.49. The third-order valence-corrected chi connectivity index (χ3v) is 5.21. The number of unbranched alkanes of at least 4 members (excludes halogenated alkanes) is 1. The summed E-state index contributed by atoms with van der Waals surface area (Å²) in [6.45, 7) is 4.08. The number of carbonyl (C=O) groups is 2. The van der Waals surface area contributed by atoms with Gasteiger partial charge in [0.2, 0.25) is 5.91 Å². The number of nitrogens with zero attached hydrogens (tertiary/aromatic N) is 2. The van der Waals surface area contributed by atoms with Gasteiger partial charge in [0, 0.05) is 26.6 Å². The van der Waals surface area contributed by atoms with E-state index in [-0.39, 0.29) is 17.9 Å². The van der Waals surface area contributed by atoms with Gasteiger partial charge < -0.3 is 14.5 Å². The molecule has 0 aliphatic carbocycles. The fourth-order valence-corrected chi connectivity index (χ4v) is 3.66. The predicted octanol–water partition coefficient (Wildman–Crippen LogP) is 2.56. The van der Waals surface area contributed by atoms with E-state index in [9.17, 15) is 9.59 Å². The normalized spacial score (nSPS) is 23.3. The van der Waals surface area contributed by atoms with Crippen molar-refractivity contribution in [1.29, 1.82) is 0 Å². The van der Waals surface area contributed by atoms with Gasteiger partial charge in [-0.1, -0.05) is 25.5 Å². The highest BCUT2D eigenvalue weighted by Crippen LogP contribution is 2.32. The van der Waals surface area contributed by atoms with Crippen LogP contribution in [0.3, 0.4) is 0 Å². The Morgan fingerprint density at radius 1 is 1.33 bits per heavy atom. The molecule has 3 rings (SSSR count). The molecule has 0 unspecified atom stereocenters. The van der Waals surface area contributed by atoms with Crippen LogP contribution >= 0.6 is 0 Å². The van der Waals surface area contributed by atoms with Crippen molar-refractivity contribution in [3.63, 3.8) is 0 Å². The van der Waals surface area contributed by atoms with Crippen molar-refractivity contribution in [2.45, 2.75) is 38.6 Å². The van der Waals surface area contributed by atoms with Crippen LogP contribution in [0.1, 0.15) is 43.0 Å². The zero-order chi connectivity index (χ0) is 17.1. The molecule has 2 aliphatic rings. The van der Waals surface area contributed by atoms with Crippen molar-refractivity contribution >= 4 is 11.8 Å². The second-order valence-corrected chi connectivity index (χ2v) is 6.77. The number of carbonyl (C=O) groups excluding carboxylic acids is 2. The van der Waals surface area contributed by atoms with Gasteiger partial charge in [-0.15, -0.1) is 0 Å². The molecule has 5 heteroatoms. The predicted molar refractivity (Wildman–Crippen MR) is 92.0 cm³/mol. The zero-order valence-electron chi connectivity index (χ0n) is 14.5. The maximum Gasteiger partial charge on any atom is 0.257 e. The van der Waals surface area contributed by atoms with Crippen molar-refractivity contribution in [2.75, 3.05) is 26.7 Å². The highest BCUT2D eigenvalue weighted by atomic mass is 16.5. The number of ether oxygens (including phenoxy) is 1. The molecule has 0 spiro atoms. The molecular weight excluding hydrogens is 304 g/mol. The summed E-state index contributed by atoms with van der Waals surface area (Å²) in [6.07, 6.45) is 3.56. The van der Waals surface area contributed by atoms with Crippen molar-refractivity contribution in [1.82, 2.24) is 9.80 Å². The van der Waals surface area contributed by atoms with E-state index in [1.807, 2.05) is 41.1 Å². The largest absolute Gasteiger partial charge is 0.493 e. The van der Waals surface area contributed by atoms with Gasteiger partial charge >= 0.3 is 0 Å².